The summed E-state index contributed by atoms with van der Waals surface area (Å²) in [6, 6.07) is 0.411. The zero-order valence-electron chi connectivity index (χ0n) is 17.4. The summed E-state index contributed by atoms with van der Waals surface area (Å²) in [5.74, 6) is 0.888. The molecule has 0 aliphatic carbocycles. The largest absolute Gasteiger partial charge is 0.379 e. The summed E-state index contributed by atoms with van der Waals surface area (Å²) in [5.41, 5.74) is 0.0882. The summed E-state index contributed by atoms with van der Waals surface area (Å²) in [4.78, 5) is 7.20. The minimum atomic E-state index is 0.0882. The van der Waals surface area contributed by atoms with Gasteiger partial charge in [-0.3, -0.25) is 4.99 Å². The number of hydrogen-bond donors (Lipinski definition) is 2. The van der Waals surface area contributed by atoms with E-state index in [1.807, 2.05) is 0 Å². The molecule has 2 atom stereocenters. The molecule has 0 aromatic rings. The van der Waals surface area contributed by atoms with E-state index < -0.39 is 0 Å². The van der Waals surface area contributed by atoms with Crippen molar-refractivity contribution in [3.05, 3.63) is 0 Å². The van der Waals surface area contributed by atoms with Gasteiger partial charge in [0.05, 0.1) is 12.6 Å². The van der Waals surface area contributed by atoms with E-state index in [-0.39, 0.29) is 11.5 Å². The number of nitrogens with zero attached hydrogens (tertiary/aromatic N) is 2. The van der Waals surface area contributed by atoms with Crippen LogP contribution in [0.15, 0.2) is 4.99 Å². The maximum absolute atomic E-state index is 5.60. The van der Waals surface area contributed by atoms with Gasteiger partial charge in [-0.2, -0.15) is 0 Å². The molecule has 5 nitrogen and oxygen atoms in total. The van der Waals surface area contributed by atoms with Crippen LogP contribution in [0, 0.1) is 5.41 Å². The predicted octanol–water partition coefficient (Wildman–Crippen LogP) is 3.11. The highest BCUT2D eigenvalue weighted by atomic mass is 16.5. The molecule has 2 N–H and O–H groups in total. The Labute approximate surface area is 150 Å². The van der Waals surface area contributed by atoms with Crippen LogP contribution in [0.3, 0.4) is 0 Å². The standard InChI is InChI=1S/C19H42N4O/c1-9-20-18(21-15-17(24-8)19(5,6)7)22-16(4)13-12-14-23(10-2)11-3/h16-17H,9-15H2,1-8H3,(H2,20,21,22). The summed E-state index contributed by atoms with van der Waals surface area (Å²) in [5, 5.41) is 6.86. The third kappa shape index (κ3) is 10.1. The Hall–Kier alpha value is -0.810. The zero-order valence-corrected chi connectivity index (χ0v) is 17.4. The second-order valence-corrected chi connectivity index (χ2v) is 7.52. The molecule has 0 aromatic carbocycles. The first-order valence-corrected chi connectivity index (χ1v) is 9.58. The Morgan fingerprint density at radius 3 is 2.25 bits per heavy atom. The van der Waals surface area contributed by atoms with Crippen molar-refractivity contribution < 1.29 is 4.74 Å². The molecule has 24 heavy (non-hydrogen) atoms. The minimum absolute atomic E-state index is 0.0882. The Morgan fingerprint density at radius 2 is 1.79 bits per heavy atom. The SMILES string of the molecule is CCNC(=NCC(OC)C(C)(C)C)NC(C)CCCN(CC)CC. The van der Waals surface area contributed by atoms with Gasteiger partial charge < -0.3 is 20.3 Å². The van der Waals surface area contributed by atoms with Crippen LogP contribution in [0.5, 0.6) is 0 Å². The molecule has 0 bridgehead atoms. The lowest BCUT2D eigenvalue weighted by Gasteiger charge is -2.28. The van der Waals surface area contributed by atoms with Gasteiger partial charge in [-0.25, -0.2) is 0 Å². The molecule has 0 aromatic heterocycles. The van der Waals surface area contributed by atoms with E-state index in [0.29, 0.717) is 12.6 Å². The molecule has 5 heteroatoms. The van der Waals surface area contributed by atoms with Gasteiger partial charge in [0.15, 0.2) is 5.96 Å². The van der Waals surface area contributed by atoms with Gasteiger partial charge in [-0.1, -0.05) is 34.6 Å². The Bertz CT molecular complexity index is 335. The zero-order chi connectivity index (χ0) is 18.6. The molecule has 0 radical (unpaired) electrons. The normalized spacial score (nSPS) is 15.5. The molecule has 0 rings (SSSR count). The van der Waals surface area contributed by atoms with Gasteiger partial charge in [0.1, 0.15) is 0 Å². The van der Waals surface area contributed by atoms with Gasteiger partial charge >= 0.3 is 0 Å². The smallest absolute Gasteiger partial charge is 0.191 e. The Morgan fingerprint density at radius 1 is 1.17 bits per heavy atom. The van der Waals surface area contributed by atoms with Crippen LogP contribution in [0.25, 0.3) is 0 Å². The predicted molar refractivity (Wildman–Crippen MR) is 106 cm³/mol. The summed E-state index contributed by atoms with van der Waals surface area (Å²) >= 11 is 0. The molecule has 0 heterocycles. The monoisotopic (exact) mass is 342 g/mol. The highest BCUT2D eigenvalue weighted by molar-refractivity contribution is 5.80. The van der Waals surface area contributed by atoms with E-state index in [4.69, 9.17) is 9.73 Å². The maximum atomic E-state index is 5.60. The van der Waals surface area contributed by atoms with E-state index >= 15 is 0 Å². The molecule has 0 amide bonds. The van der Waals surface area contributed by atoms with Gasteiger partial charge in [0.25, 0.3) is 0 Å². The van der Waals surface area contributed by atoms with Gasteiger partial charge in [0, 0.05) is 19.7 Å². The molecule has 0 spiro atoms. The number of methoxy groups -OCH3 is 1. The minimum Gasteiger partial charge on any atom is -0.379 e. The lowest BCUT2D eigenvalue weighted by Crippen LogP contribution is -2.43. The fourth-order valence-corrected chi connectivity index (χ4v) is 2.66. The molecule has 0 saturated carbocycles. The van der Waals surface area contributed by atoms with Crippen LogP contribution in [0.2, 0.25) is 0 Å². The van der Waals surface area contributed by atoms with Crippen molar-refractivity contribution in [2.24, 2.45) is 10.4 Å². The highest BCUT2D eigenvalue weighted by Gasteiger charge is 2.24. The first kappa shape index (κ1) is 23.2. The molecule has 0 aliphatic rings. The molecule has 144 valence electrons. The van der Waals surface area contributed by atoms with E-state index in [1.54, 1.807) is 7.11 Å². The summed E-state index contributed by atoms with van der Waals surface area (Å²) in [6.45, 7) is 20.3. The first-order chi connectivity index (χ1) is 11.3. The topological polar surface area (TPSA) is 48.9 Å². The van der Waals surface area contributed by atoms with Crippen molar-refractivity contribution in [2.45, 2.75) is 73.5 Å². The second-order valence-electron chi connectivity index (χ2n) is 7.52. The van der Waals surface area contributed by atoms with Gasteiger partial charge in [0.2, 0.25) is 0 Å². The quantitative estimate of drug-likeness (QED) is 0.447. The molecular formula is C19H42N4O. The van der Waals surface area contributed by atoms with Crippen LogP contribution >= 0.6 is 0 Å². The summed E-state index contributed by atoms with van der Waals surface area (Å²) in [7, 11) is 1.77. The van der Waals surface area contributed by atoms with E-state index in [1.165, 1.54) is 13.0 Å². The Balaban J connectivity index is 4.47. The van der Waals surface area contributed by atoms with Crippen molar-refractivity contribution in [3.63, 3.8) is 0 Å². The van der Waals surface area contributed by atoms with Crippen molar-refractivity contribution in [2.75, 3.05) is 39.8 Å². The molecule has 2 unspecified atom stereocenters. The van der Waals surface area contributed by atoms with Gasteiger partial charge in [-0.05, 0) is 51.7 Å². The third-order valence-corrected chi connectivity index (χ3v) is 4.40. The highest BCUT2D eigenvalue weighted by Crippen LogP contribution is 2.21. The first-order valence-electron chi connectivity index (χ1n) is 9.58. The van der Waals surface area contributed by atoms with Crippen LogP contribution in [0.4, 0.5) is 0 Å². The van der Waals surface area contributed by atoms with E-state index in [9.17, 15) is 0 Å². The van der Waals surface area contributed by atoms with Crippen LogP contribution in [0.1, 0.15) is 61.3 Å². The average Bonchev–Trinajstić information content (AvgIpc) is 2.51. The molecule has 0 saturated heterocycles. The number of hydrogen-bond acceptors (Lipinski definition) is 3. The third-order valence-electron chi connectivity index (χ3n) is 4.40. The fraction of sp³-hybridized carbons (Fsp3) is 0.947. The fourth-order valence-electron chi connectivity index (χ4n) is 2.66. The van der Waals surface area contributed by atoms with E-state index in [0.717, 1.165) is 32.0 Å². The van der Waals surface area contributed by atoms with Crippen molar-refractivity contribution in [1.82, 2.24) is 15.5 Å². The lowest BCUT2D eigenvalue weighted by atomic mass is 9.89. The van der Waals surface area contributed by atoms with Crippen LogP contribution in [-0.2, 0) is 4.74 Å². The maximum Gasteiger partial charge on any atom is 0.191 e. The average molecular weight is 343 g/mol. The second kappa shape index (κ2) is 12.5. The number of guanidine groups is 1. The summed E-state index contributed by atoms with van der Waals surface area (Å²) < 4.78 is 5.60. The van der Waals surface area contributed by atoms with Gasteiger partial charge in [-0.15, -0.1) is 0 Å². The van der Waals surface area contributed by atoms with Crippen molar-refractivity contribution in [3.8, 4) is 0 Å². The Kier molecular flexibility index (Phi) is 12.1. The lowest BCUT2D eigenvalue weighted by molar-refractivity contribution is 0.0241. The molecule has 0 fully saturated rings. The van der Waals surface area contributed by atoms with E-state index in [2.05, 4.69) is 64.0 Å². The number of rotatable bonds is 11. The molecular weight excluding hydrogens is 300 g/mol. The summed E-state index contributed by atoms with van der Waals surface area (Å²) in [6.07, 6.45) is 2.47. The van der Waals surface area contributed by atoms with Crippen molar-refractivity contribution >= 4 is 5.96 Å². The number of aliphatic imine (C=N–C) groups is 1. The molecule has 0 aliphatic heterocycles. The number of ether oxygens (including phenoxy) is 1. The van der Waals surface area contributed by atoms with Crippen LogP contribution < -0.4 is 10.6 Å². The number of nitrogens with one attached hydrogen (secondary N) is 2. The van der Waals surface area contributed by atoms with Crippen LogP contribution in [-0.4, -0.2) is 62.8 Å². The van der Waals surface area contributed by atoms with Crippen molar-refractivity contribution in [1.29, 1.82) is 0 Å².